The number of benzene rings is 1. The Morgan fingerprint density at radius 2 is 2.17 bits per heavy atom. The zero-order valence-corrected chi connectivity index (χ0v) is 11.1. The fraction of sp³-hybridized carbons (Fsp3) is 0.500. The standard InChI is InChI=1S/C14H20N2O2/c1-9(2)13(15)14(17)16-7-6-10-8-11(18-3)4-5-12(10)16/h4-5,8-9,13H,6-7,15H2,1-3H3/t13-/m0/s1. The van der Waals surface area contributed by atoms with Crippen LogP contribution in [0.1, 0.15) is 19.4 Å². The number of methoxy groups -OCH3 is 1. The van der Waals surface area contributed by atoms with Crippen LogP contribution in [0.4, 0.5) is 5.69 Å². The van der Waals surface area contributed by atoms with Gasteiger partial charge in [-0.2, -0.15) is 0 Å². The van der Waals surface area contributed by atoms with Gasteiger partial charge in [0.15, 0.2) is 0 Å². The average molecular weight is 248 g/mol. The van der Waals surface area contributed by atoms with Gasteiger partial charge in [0.25, 0.3) is 0 Å². The highest BCUT2D eigenvalue weighted by Gasteiger charge is 2.29. The molecule has 0 radical (unpaired) electrons. The van der Waals surface area contributed by atoms with Crippen LogP contribution < -0.4 is 15.4 Å². The summed E-state index contributed by atoms with van der Waals surface area (Å²) in [6.07, 6.45) is 0.864. The molecule has 0 saturated heterocycles. The maximum Gasteiger partial charge on any atom is 0.244 e. The predicted octanol–water partition coefficient (Wildman–Crippen LogP) is 1.57. The molecular weight excluding hydrogens is 228 g/mol. The molecule has 0 fully saturated rings. The van der Waals surface area contributed by atoms with Gasteiger partial charge in [-0.05, 0) is 36.1 Å². The quantitative estimate of drug-likeness (QED) is 0.883. The van der Waals surface area contributed by atoms with E-state index in [9.17, 15) is 4.79 Å². The molecule has 0 aliphatic carbocycles. The van der Waals surface area contributed by atoms with E-state index in [1.165, 1.54) is 0 Å². The molecule has 1 aliphatic heterocycles. The van der Waals surface area contributed by atoms with Crippen LogP contribution in [-0.2, 0) is 11.2 Å². The first kappa shape index (κ1) is 12.9. The van der Waals surface area contributed by atoms with Crippen LogP contribution in [-0.4, -0.2) is 25.6 Å². The van der Waals surface area contributed by atoms with Gasteiger partial charge in [-0.15, -0.1) is 0 Å². The van der Waals surface area contributed by atoms with Gasteiger partial charge in [-0.1, -0.05) is 13.8 Å². The maximum atomic E-state index is 12.3. The maximum absolute atomic E-state index is 12.3. The van der Waals surface area contributed by atoms with Gasteiger partial charge >= 0.3 is 0 Å². The predicted molar refractivity (Wildman–Crippen MR) is 71.9 cm³/mol. The number of nitrogens with two attached hydrogens (primary N) is 1. The molecule has 2 N–H and O–H groups in total. The second-order valence-corrected chi connectivity index (χ2v) is 5.00. The second-order valence-electron chi connectivity index (χ2n) is 5.00. The third-order valence-electron chi connectivity index (χ3n) is 3.45. The average Bonchev–Trinajstić information content (AvgIpc) is 2.79. The molecule has 1 aliphatic rings. The first-order chi connectivity index (χ1) is 8.54. The summed E-state index contributed by atoms with van der Waals surface area (Å²) in [5.41, 5.74) is 8.06. The van der Waals surface area contributed by atoms with Crippen molar-refractivity contribution in [1.29, 1.82) is 0 Å². The number of anilines is 1. The fourth-order valence-corrected chi connectivity index (χ4v) is 2.20. The van der Waals surface area contributed by atoms with Gasteiger partial charge in [0.1, 0.15) is 5.75 Å². The zero-order chi connectivity index (χ0) is 13.3. The molecule has 2 rings (SSSR count). The number of amides is 1. The molecule has 0 bridgehead atoms. The summed E-state index contributed by atoms with van der Waals surface area (Å²) in [7, 11) is 1.65. The van der Waals surface area contributed by atoms with Crippen LogP contribution in [0.5, 0.6) is 5.75 Å². The molecule has 18 heavy (non-hydrogen) atoms. The number of ether oxygens (including phenoxy) is 1. The molecule has 1 atom stereocenters. The normalized spacial score (nSPS) is 15.7. The van der Waals surface area contributed by atoms with E-state index in [0.717, 1.165) is 23.4 Å². The fourth-order valence-electron chi connectivity index (χ4n) is 2.20. The number of hydrogen-bond donors (Lipinski definition) is 1. The topological polar surface area (TPSA) is 55.6 Å². The van der Waals surface area contributed by atoms with Crippen molar-refractivity contribution in [1.82, 2.24) is 0 Å². The van der Waals surface area contributed by atoms with Crippen molar-refractivity contribution in [2.75, 3.05) is 18.6 Å². The summed E-state index contributed by atoms with van der Waals surface area (Å²) in [6.45, 7) is 4.64. The number of nitrogens with zero attached hydrogens (tertiary/aromatic N) is 1. The van der Waals surface area contributed by atoms with Gasteiger partial charge in [0.2, 0.25) is 5.91 Å². The van der Waals surface area contributed by atoms with Crippen molar-refractivity contribution in [2.24, 2.45) is 11.7 Å². The van der Waals surface area contributed by atoms with Crippen molar-refractivity contribution in [2.45, 2.75) is 26.3 Å². The molecule has 1 aromatic rings. The second kappa shape index (κ2) is 4.98. The summed E-state index contributed by atoms with van der Waals surface area (Å²) < 4.78 is 5.19. The van der Waals surface area contributed by atoms with Crippen molar-refractivity contribution >= 4 is 11.6 Å². The van der Waals surface area contributed by atoms with Crippen LogP contribution in [0.25, 0.3) is 0 Å². The smallest absolute Gasteiger partial charge is 0.244 e. The van der Waals surface area contributed by atoms with E-state index in [1.807, 2.05) is 32.0 Å². The van der Waals surface area contributed by atoms with Gasteiger partial charge in [0, 0.05) is 12.2 Å². The minimum Gasteiger partial charge on any atom is -0.497 e. The lowest BCUT2D eigenvalue weighted by Gasteiger charge is -2.23. The molecule has 98 valence electrons. The van der Waals surface area contributed by atoms with E-state index in [4.69, 9.17) is 10.5 Å². The Hall–Kier alpha value is -1.55. The Balaban J connectivity index is 2.24. The van der Waals surface area contributed by atoms with Crippen molar-refractivity contribution < 1.29 is 9.53 Å². The molecule has 4 heteroatoms. The first-order valence-corrected chi connectivity index (χ1v) is 6.28. The zero-order valence-electron chi connectivity index (χ0n) is 11.1. The minimum atomic E-state index is -0.432. The van der Waals surface area contributed by atoms with E-state index in [2.05, 4.69) is 0 Å². The van der Waals surface area contributed by atoms with Crippen LogP contribution in [0.15, 0.2) is 18.2 Å². The lowest BCUT2D eigenvalue weighted by atomic mass is 10.0. The van der Waals surface area contributed by atoms with Gasteiger partial charge in [-0.25, -0.2) is 0 Å². The summed E-state index contributed by atoms with van der Waals surface area (Å²) >= 11 is 0. The Kier molecular flexibility index (Phi) is 3.57. The van der Waals surface area contributed by atoms with Crippen molar-refractivity contribution in [3.8, 4) is 5.75 Å². The van der Waals surface area contributed by atoms with Crippen molar-refractivity contribution in [3.05, 3.63) is 23.8 Å². The molecule has 0 spiro atoms. The van der Waals surface area contributed by atoms with Crippen LogP contribution in [0.3, 0.4) is 0 Å². The number of hydrogen-bond acceptors (Lipinski definition) is 3. The SMILES string of the molecule is COc1ccc2c(c1)CCN2C(=O)[C@@H](N)C(C)C. The van der Waals surface area contributed by atoms with E-state index in [0.29, 0.717) is 6.54 Å². The van der Waals surface area contributed by atoms with Crippen LogP contribution in [0, 0.1) is 5.92 Å². The summed E-state index contributed by atoms with van der Waals surface area (Å²) in [4.78, 5) is 14.1. The number of rotatable bonds is 3. The number of fused-ring (bicyclic) bond motifs is 1. The monoisotopic (exact) mass is 248 g/mol. The molecule has 1 heterocycles. The molecule has 4 nitrogen and oxygen atoms in total. The third kappa shape index (κ3) is 2.20. The Bertz CT molecular complexity index is 457. The van der Waals surface area contributed by atoms with E-state index in [-0.39, 0.29) is 11.8 Å². The highest BCUT2D eigenvalue weighted by Crippen LogP contribution is 2.31. The summed E-state index contributed by atoms with van der Waals surface area (Å²) in [6, 6.07) is 5.37. The molecular formula is C14H20N2O2. The summed E-state index contributed by atoms with van der Waals surface area (Å²) in [5, 5.41) is 0. The van der Waals surface area contributed by atoms with Crippen LogP contribution >= 0.6 is 0 Å². The largest absolute Gasteiger partial charge is 0.497 e. The molecule has 0 saturated carbocycles. The third-order valence-corrected chi connectivity index (χ3v) is 3.45. The van der Waals surface area contributed by atoms with E-state index >= 15 is 0 Å². The van der Waals surface area contributed by atoms with E-state index in [1.54, 1.807) is 12.0 Å². The Morgan fingerprint density at radius 1 is 1.44 bits per heavy atom. The highest BCUT2D eigenvalue weighted by molar-refractivity contribution is 5.99. The molecule has 0 unspecified atom stereocenters. The van der Waals surface area contributed by atoms with Gasteiger partial charge in [0.05, 0.1) is 13.2 Å². The van der Waals surface area contributed by atoms with Crippen LogP contribution in [0.2, 0.25) is 0 Å². The van der Waals surface area contributed by atoms with Gasteiger partial charge < -0.3 is 15.4 Å². The summed E-state index contributed by atoms with van der Waals surface area (Å²) in [5.74, 6) is 0.991. The highest BCUT2D eigenvalue weighted by atomic mass is 16.5. The Morgan fingerprint density at radius 3 is 2.78 bits per heavy atom. The lowest BCUT2D eigenvalue weighted by molar-refractivity contribution is -0.120. The van der Waals surface area contributed by atoms with Gasteiger partial charge in [-0.3, -0.25) is 4.79 Å². The lowest BCUT2D eigenvalue weighted by Crippen LogP contribution is -2.46. The number of carbonyl (C=O) groups is 1. The molecule has 1 aromatic carbocycles. The molecule has 1 amide bonds. The minimum absolute atomic E-state index is 0.00826. The first-order valence-electron chi connectivity index (χ1n) is 6.28. The molecule has 0 aromatic heterocycles. The van der Waals surface area contributed by atoms with Crippen molar-refractivity contribution in [3.63, 3.8) is 0 Å². The Labute approximate surface area is 108 Å². The number of carbonyl (C=O) groups excluding carboxylic acids is 1. The van der Waals surface area contributed by atoms with E-state index < -0.39 is 6.04 Å².